The van der Waals surface area contributed by atoms with Crippen LogP contribution in [0, 0.1) is 0 Å². The van der Waals surface area contributed by atoms with E-state index in [9.17, 15) is 27.9 Å². The third-order valence-corrected chi connectivity index (χ3v) is 4.44. The average molecular weight is 446 g/mol. The molecule has 1 N–H and O–H groups in total. The lowest BCUT2D eigenvalue weighted by Gasteiger charge is -2.34. The summed E-state index contributed by atoms with van der Waals surface area (Å²) in [5.41, 5.74) is -4.46. The molecule has 162 valence electrons. The zero-order chi connectivity index (χ0) is 22.5. The number of methoxy groups -OCH3 is 1. The van der Waals surface area contributed by atoms with Crippen molar-refractivity contribution in [1.29, 1.82) is 0 Å². The summed E-state index contributed by atoms with van der Waals surface area (Å²) in [5, 5.41) is 10.8. The number of amides is 1. The van der Waals surface area contributed by atoms with Crippen LogP contribution in [0.1, 0.15) is 29.3 Å². The number of halogens is 4. The molecule has 0 aliphatic heterocycles. The number of alkyl halides is 3. The Balaban J connectivity index is 2.42. The van der Waals surface area contributed by atoms with Gasteiger partial charge >= 0.3 is 18.1 Å². The van der Waals surface area contributed by atoms with E-state index in [0.29, 0.717) is 5.06 Å². The molecular weight excluding hydrogens is 427 g/mol. The Morgan fingerprint density at radius 1 is 1.13 bits per heavy atom. The Hall–Kier alpha value is -2.78. The van der Waals surface area contributed by atoms with Crippen LogP contribution in [0.25, 0.3) is 0 Å². The lowest BCUT2D eigenvalue weighted by molar-refractivity contribution is -0.270. The Labute approximate surface area is 175 Å². The average Bonchev–Trinajstić information content (AvgIpc) is 2.71. The van der Waals surface area contributed by atoms with Crippen LogP contribution in [-0.2, 0) is 15.1 Å². The third kappa shape index (κ3) is 4.68. The largest absolute Gasteiger partial charge is 0.465 e. The molecule has 2 aromatic carbocycles. The summed E-state index contributed by atoms with van der Waals surface area (Å²) in [4.78, 5) is 29.8. The maximum absolute atomic E-state index is 13.8. The highest BCUT2D eigenvalue weighted by Gasteiger charge is 2.62. The Morgan fingerprint density at radius 3 is 2.27 bits per heavy atom. The number of hydrogen-bond donors (Lipinski definition) is 1. The molecule has 0 aromatic heterocycles. The molecule has 1 atom stereocenters. The van der Waals surface area contributed by atoms with E-state index < -0.39 is 29.2 Å². The van der Waals surface area contributed by atoms with Gasteiger partial charge in [0.2, 0.25) is 0 Å². The lowest BCUT2D eigenvalue weighted by Crippen LogP contribution is -2.56. The summed E-state index contributed by atoms with van der Waals surface area (Å²) >= 11 is 5.99. The lowest BCUT2D eigenvalue weighted by atomic mass is 9.92. The van der Waals surface area contributed by atoms with E-state index in [1.165, 1.54) is 30.3 Å². The summed E-state index contributed by atoms with van der Waals surface area (Å²) in [6.07, 6.45) is -5.07. The van der Waals surface area contributed by atoms with Crippen molar-refractivity contribution in [2.45, 2.75) is 25.1 Å². The van der Waals surface area contributed by atoms with Gasteiger partial charge in [0.05, 0.1) is 24.2 Å². The topological polar surface area (TPSA) is 76.1 Å². The van der Waals surface area contributed by atoms with Crippen LogP contribution >= 0.6 is 11.6 Å². The van der Waals surface area contributed by atoms with Gasteiger partial charge in [-0.1, -0.05) is 48.9 Å². The molecule has 0 unspecified atom stereocenters. The summed E-state index contributed by atoms with van der Waals surface area (Å²) in [5.74, 6) is -2.54. The number of carbonyl (C=O) groups excluding carboxylic acids is 2. The molecular formula is C20H19ClF3NO5. The van der Waals surface area contributed by atoms with Crippen molar-refractivity contribution in [3.8, 4) is 5.75 Å². The molecule has 0 spiro atoms. The van der Waals surface area contributed by atoms with Gasteiger partial charge in [0.25, 0.3) is 5.60 Å². The van der Waals surface area contributed by atoms with Crippen molar-refractivity contribution >= 4 is 23.5 Å². The van der Waals surface area contributed by atoms with Gasteiger partial charge < -0.3 is 14.7 Å². The zero-order valence-corrected chi connectivity index (χ0v) is 16.8. The highest BCUT2D eigenvalue weighted by Crippen LogP contribution is 2.40. The summed E-state index contributed by atoms with van der Waals surface area (Å²) in [7, 11) is 1.16. The minimum atomic E-state index is -5.31. The van der Waals surface area contributed by atoms with Crippen molar-refractivity contribution < 1.29 is 37.4 Å². The molecule has 6 nitrogen and oxygen atoms in total. The molecule has 0 saturated carbocycles. The van der Waals surface area contributed by atoms with E-state index in [1.54, 1.807) is 6.92 Å². The molecule has 2 rings (SSSR count). The number of hydrogen-bond acceptors (Lipinski definition) is 5. The SMILES string of the molecule is CCCN(Oc1ccc(C(=O)OC)c(Cl)c1)C(=O)[C@](O)(c1ccccc1)C(F)(F)F. The number of aliphatic hydroxyl groups is 1. The van der Waals surface area contributed by atoms with Gasteiger partial charge in [-0.15, -0.1) is 0 Å². The highest BCUT2D eigenvalue weighted by molar-refractivity contribution is 6.33. The third-order valence-electron chi connectivity index (χ3n) is 4.13. The maximum atomic E-state index is 13.8. The predicted octanol–water partition coefficient (Wildman–Crippen LogP) is 4.11. The number of rotatable bonds is 7. The van der Waals surface area contributed by atoms with E-state index in [4.69, 9.17) is 16.4 Å². The first-order valence-electron chi connectivity index (χ1n) is 8.78. The quantitative estimate of drug-likeness (QED) is 0.513. The first kappa shape index (κ1) is 23.5. The van der Waals surface area contributed by atoms with Crippen LogP contribution in [0.2, 0.25) is 5.02 Å². The van der Waals surface area contributed by atoms with E-state index in [-0.39, 0.29) is 29.3 Å². The van der Waals surface area contributed by atoms with Gasteiger partial charge in [-0.05, 0) is 18.6 Å². The van der Waals surface area contributed by atoms with E-state index >= 15 is 0 Å². The van der Waals surface area contributed by atoms with Crippen molar-refractivity contribution in [1.82, 2.24) is 5.06 Å². The zero-order valence-electron chi connectivity index (χ0n) is 16.1. The first-order valence-corrected chi connectivity index (χ1v) is 9.16. The molecule has 0 aliphatic rings. The Bertz CT molecular complexity index is 907. The molecule has 0 fully saturated rings. The van der Waals surface area contributed by atoms with Crippen molar-refractivity contribution in [2.75, 3.05) is 13.7 Å². The fraction of sp³-hybridized carbons (Fsp3) is 0.300. The molecule has 10 heteroatoms. The Morgan fingerprint density at radius 2 is 1.77 bits per heavy atom. The smallest absolute Gasteiger partial charge is 0.430 e. The molecule has 1 amide bonds. The van der Waals surface area contributed by atoms with Gasteiger partial charge in [-0.3, -0.25) is 4.79 Å². The number of nitrogens with zero attached hydrogens (tertiary/aromatic N) is 1. The van der Waals surface area contributed by atoms with Crippen LogP contribution in [0.3, 0.4) is 0 Å². The minimum absolute atomic E-state index is 0.0102. The van der Waals surface area contributed by atoms with Gasteiger partial charge in [0.1, 0.15) is 0 Å². The van der Waals surface area contributed by atoms with E-state index in [2.05, 4.69) is 4.74 Å². The van der Waals surface area contributed by atoms with Gasteiger partial charge in [0, 0.05) is 11.6 Å². The minimum Gasteiger partial charge on any atom is -0.465 e. The summed E-state index contributed by atoms with van der Waals surface area (Å²) in [6.45, 7) is 1.37. The molecule has 0 bridgehead atoms. The number of esters is 1. The summed E-state index contributed by atoms with van der Waals surface area (Å²) in [6, 6.07) is 9.63. The second-order valence-corrected chi connectivity index (χ2v) is 6.61. The molecule has 0 saturated heterocycles. The molecule has 0 aliphatic carbocycles. The molecule has 2 aromatic rings. The normalized spacial score (nSPS) is 13.3. The fourth-order valence-electron chi connectivity index (χ4n) is 2.62. The van der Waals surface area contributed by atoms with Crippen molar-refractivity contribution in [3.05, 3.63) is 64.7 Å². The van der Waals surface area contributed by atoms with Gasteiger partial charge in [0.15, 0.2) is 5.75 Å². The maximum Gasteiger partial charge on any atom is 0.430 e. The number of hydroxylamine groups is 2. The number of ether oxygens (including phenoxy) is 1. The van der Waals surface area contributed by atoms with Crippen LogP contribution < -0.4 is 4.84 Å². The Kier molecular flexibility index (Phi) is 7.33. The van der Waals surface area contributed by atoms with Gasteiger partial charge in [-0.25, -0.2) is 4.79 Å². The van der Waals surface area contributed by atoms with Crippen LogP contribution in [0.4, 0.5) is 13.2 Å². The van der Waals surface area contributed by atoms with Crippen LogP contribution in [0.5, 0.6) is 5.75 Å². The predicted molar refractivity (Wildman–Crippen MR) is 102 cm³/mol. The fourth-order valence-corrected chi connectivity index (χ4v) is 2.86. The second kappa shape index (κ2) is 9.36. The number of carbonyl (C=O) groups is 2. The first-order chi connectivity index (χ1) is 14.1. The van der Waals surface area contributed by atoms with Crippen LogP contribution in [-0.4, -0.2) is 41.9 Å². The number of benzene rings is 2. The summed E-state index contributed by atoms with van der Waals surface area (Å²) < 4.78 is 46.0. The van der Waals surface area contributed by atoms with Crippen molar-refractivity contribution in [3.63, 3.8) is 0 Å². The van der Waals surface area contributed by atoms with Crippen molar-refractivity contribution in [2.24, 2.45) is 0 Å². The molecule has 30 heavy (non-hydrogen) atoms. The van der Waals surface area contributed by atoms with E-state index in [1.807, 2.05) is 0 Å². The standard InChI is InChI=1S/C20H19ClF3NO5/c1-3-11-25(30-14-9-10-15(16(21)12-14)17(26)29-2)18(27)19(28,20(22,23)24)13-7-5-4-6-8-13/h4-10,12,28H,3,11H2,1-2H3/t19-/m1/s1. The molecule has 0 radical (unpaired) electrons. The second-order valence-electron chi connectivity index (χ2n) is 6.21. The molecule has 0 heterocycles. The monoisotopic (exact) mass is 445 g/mol. The van der Waals surface area contributed by atoms with E-state index in [0.717, 1.165) is 25.3 Å². The highest BCUT2D eigenvalue weighted by atomic mass is 35.5. The van der Waals surface area contributed by atoms with Crippen LogP contribution in [0.15, 0.2) is 48.5 Å². The van der Waals surface area contributed by atoms with Gasteiger partial charge in [-0.2, -0.15) is 18.2 Å².